The minimum Gasteiger partial charge on any atom is -0.493 e. The average Bonchev–Trinajstić information content (AvgIpc) is 2.73. The second-order valence-electron chi connectivity index (χ2n) is 6.01. The summed E-state index contributed by atoms with van der Waals surface area (Å²) in [5.74, 6) is -1.37. The number of hydrogen-bond acceptors (Lipinski definition) is 3. The first-order valence-corrected chi connectivity index (χ1v) is 8.59. The van der Waals surface area contributed by atoms with Gasteiger partial charge in [-0.2, -0.15) is 0 Å². The molecule has 0 saturated carbocycles. The maximum absolute atomic E-state index is 13.3. The van der Waals surface area contributed by atoms with Gasteiger partial charge in [0.15, 0.2) is 28.9 Å². The number of ketones is 1. The van der Waals surface area contributed by atoms with Gasteiger partial charge in [-0.1, -0.05) is 42.5 Å². The maximum atomic E-state index is 13.3. The van der Waals surface area contributed by atoms with Crippen LogP contribution in [0.2, 0.25) is 0 Å². The van der Waals surface area contributed by atoms with E-state index in [1.54, 1.807) is 24.3 Å². The first-order chi connectivity index (χ1) is 13.6. The molecular weight excluding hydrogens is 362 g/mol. The minimum absolute atomic E-state index is 0.0740. The van der Waals surface area contributed by atoms with Crippen LogP contribution in [-0.4, -0.2) is 12.9 Å². The first kappa shape index (κ1) is 19.3. The number of carbonyl (C=O) groups is 1. The van der Waals surface area contributed by atoms with Crippen molar-refractivity contribution >= 4 is 11.9 Å². The lowest BCUT2D eigenvalue weighted by molar-refractivity contribution is 0.104. The van der Waals surface area contributed by atoms with Crippen molar-refractivity contribution in [3.63, 3.8) is 0 Å². The highest BCUT2D eigenvalue weighted by molar-refractivity contribution is 6.06. The third kappa shape index (κ3) is 4.82. The first-order valence-electron chi connectivity index (χ1n) is 8.59. The van der Waals surface area contributed by atoms with Crippen LogP contribution in [0.25, 0.3) is 6.08 Å². The van der Waals surface area contributed by atoms with E-state index in [-0.39, 0.29) is 5.56 Å². The van der Waals surface area contributed by atoms with E-state index in [2.05, 4.69) is 0 Å². The summed E-state index contributed by atoms with van der Waals surface area (Å²) in [7, 11) is 1.53. The minimum atomic E-state index is -1.05. The zero-order valence-electron chi connectivity index (χ0n) is 15.2. The third-order valence-corrected chi connectivity index (χ3v) is 4.06. The number of hydrogen-bond donors (Lipinski definition) is 0. The molecule has 3 nitrogen and oxygen atoms in total. The lowest BCUT2D eigenvalue weighted by Crippen LogP contribution is -1.98. The highest BCUT2D eigenvalue weighted by atomic mass is 19.2. The van der Waals surface area contributed by atoms with Gasteiger partial charge in [-0.05, 0) is 47.5 Å². The van der Waals surface area contributed by atoms with Crippen molar-refractivity contribution in [2.45, 2.75) is 6.61 Å². The molecule has 3 aromatic carbocycles. The van der Waals surface area contributed by atoms with Crippen molar-refractivity contribution in [2.24, 2.45) is 0 Å². The largest absolute Gasteiger partial charge is 0.493 e. The smallest absolute Gasteiger partial charge is 0.185 e. The zero-order valence-corrected chi connectivity index (χ0v) is 15.2. The van der Waals surface area contributed by atoms with Gasteiger partial charge in [-0.3, -0.25) is 4.79 Å². The van der Waals surface area contributed by atoms with E-state index < -0.39 is 17.4 Å². The fourth-order valence-corrected chi connectivity index (χ4v) is 2.56. The van der Waals surface area contributed by atoms with Crippen LogP contribution in [0.4, 0.5) is 8.78 Å². The number of benzene rings is 3. The van der Waals surface area contributed by atoms with E-state index in [1.807, 2.05) is 30.3 Å². The Balaban J connectivity index is 1.71. The molecular formula is C23H18F2O3. The molecule has 5 heteroatoms. The number of halogens is 2. The van der Waals surface area contributed by atoms with Gasteiger partial charge in [-0.25, -0.2) is 8.78 Å². The van der Waals surface area contributed by atoms with E-state index >= 15 is 0 Å². The van der Waals surface area contributed by atoms with Crippen LogP contribution in [0.5, 0.6) is 11.5 Å². The molecule has 0 heterocycles. The second kappa shape index (κ2) is 8.95. The van der Waals surface area contributed by atoms with Gasteiger partial charge in [0.05, 0.1) is 7.11 Å². The Bertz CT molecular complexity index is 998. The van der Waals surface area contributed by atoms with Crippen LogP contribution < -0.4 is 9.47 Å². The van der Waals surface area contributed by atoms with Crippen LogP contribution in [0, 0.1) is 11.6 Å². The van der Waals surface area contributed by atoms with Crippen molar-refractivity contribution < 1.29 is 23.0 Å². The number of carbonyl (C=O) groups excluding carboxylic acids is 1. The van der Waals surface area contributed by atoms with Crippen LogP contribution in [0.1, 0.15) is 21.5 Å². The normalized spacial score (nSPS) is 10.8. The fraction of sp³-hybridized carbons (Fsp3) is 0.0870. The molecule has 3 aromatic rings. The van der Waals surface area contributed by atoms with Gasteiger partial charge in [0.2, 0.25) is 0 Å². The van der Waals surface area contributed by atoms with Crippen molar-refractivity contribution in [1.29, 1.82) is 0 Å². The van der Waals surface area contributed by atoms with Crippen LogP contribution in [0.3, 0.4) is 0 Å². The molecule has 0 aromatic heterocycles. The summed E-state index contributed by atoms with van der Waals surface area (Å²) in [6, 6.07) is 18.1. The molecule has 0 spiro atoms. The average molecular weight is 380 g/mol. The summed E-state index contributed by atoms with van der Waals surface area (Å²) in [5, 5.41) is 0. The van der Waals surface area contributed by atoms with Gasteiger partial charge >= 0.3 is 0 Å². The lowest BCUT2D eigenvalue weighted by atomic mass is 10.1. The topological polar surface area (TPSA) is 35.5 Å². The SMILES string of the molecule is COc1cc(/C=C/C(=O)c2ccc(F)c(F)c2)ccc1OCc1ccccc1. The van der Waals surface area contributed by atoms with Crippen molar-refractivity contribution in [1.82, 2.24) is 0 Å². The molecule has 0 saturated heterocycles. The molecule has 0 fully saturated rings. The summed E-state index contributed by atoms with van der Waals surface area (Å²) in [6.07, 6.45) is 2.87. The molecule has 0 atom stereocenters. The van der Waals surface area contributed by atoms with Gasteiger partial charge in [0.1, 0.15) is 6.61 Å². The Kier molecular flexibility index (Phi) is 6.17. The second-order valence-corrected chi connectivity index (χ2v) is 6.01. The van der Waals surface area contributed by atoms with Gasteiger partial charge < -0.3 is 9.47 Å². The van der Waals surface area contributed by atoms with Crippen LogP contribution >= 0.6 is 0 Å². The Hall–Kier alpha value is -3.47. The van der Waals surface area contributed by atoms with Crippen molar-refractivity contribution in [2.75, 3.05) is 7.11 Å². The summed E-state index contributed by atoms with van der Waals surface area (Å²) < 4.78 is 37.4. The fourth-order valence-electron chi connectivity index (χ4n) is 2.56. The van der Waals surface area contributed by atoms with Crippen LogP contribution in [0.15, 0.2) is 72.8 Å². The lowest BCUT2D eigenvalue weighted by Gasteiger charge is -2.11. The van der Waals surface area contributed by atoms with Crippen molar-refractivity contribution in [3.05, 3.63) is 101 Å². The monoisotopic (exact) mass is 380 g/mol. The quantitative estimate of drug-likeness (QED) is 0.404. The van der Waals surface area contributed by atoms with E-state index in [1.165, 1.54) is 19.3 Å². The standard InChI is InChI=1S/C23H18F2O3/c1-27-23-13-16(7-11-21(26)18-9-10-19(24)20(25)14-18)8-12-22(23)28-15-17-5-3-2-4-6-17/h2-14H,15H2,1H3/b11-7+. The number of rotatable bonds is 7. The molecule has 0 radical (unpaired) electrons. The highest BCUT2D eigenvalue weighted by Gasteiger charge is 2.08. The summed E-state index contributed by atoms with van der Waals surface area (Å²) in [4.78, 5) is 12.1. The Labute approximate surface area is 161 Å². The molecule has 3 rings (SSSR count). The molecule has 0 amide bonds. The summed E-state index contributed by atoms with van der Waals surface area (Å²) in [6.45, 7) is 0.404. The van der Waals surface area contributed by atoms with Gasteiger partial charge in [0.25, 0.3) is 0 Å². The van der Waals surface area contributed by atoms with E-state index in [0.29, 0.717) is 23.7 Å². The molecule has 0 unspecified atom stereocenters. The predicted molar refractivity (Wildman–Crippen MR) is 103 cm³/mol. The Morgan fingerprint density at radius 3 is 2.43 bits per heavy atom. The molecule has 0 N–H and O–H groups in total. The van der Waals surface area contributed by atoms with Gasteiger partial charge in [0, 0.05) is 5.56 Å². The Morgan fingerprint density at radius 2 is 1.71 bits per heavy atom. The molecule has 142 valence electrons. The predicted octanol–water partition coefficient (Wildman–Crippen LogP) is 5.45. The summed E-state index contributed by atoms with van der Waals surface area (Å²) >= 11 is 0. The number of methoxy groups -OCH3 is 1. The van der Waals surface area contributed by atoms with Crippen molar-refractivity contribution in [3.8, 4) is 11.5 Å². The number of ether oxygens (including phenoxy) is 2. The third-order valence-electron chi connectivity index (χ3n) is 4.06. The number of allylic oxidation sites excluding steroid dienone is 1. The molecule has 28 heavy (non-hydrogen) atoms. The Morgan fingerprint density at radius 1 is 0.929 bits per heavy atom. The molecule has 0 aliphatic heterocycles. The van der Waals surface area contributed by atoms with Gasteiger partial charge in [-0.15, -0.1) is 0 Å². The maximum Gasteiger partial charge on any atom is 0.185 e. The zero-order chi connectivity index (χ0) is 19.9. The van der Waals surface area contributed by atoms with E-state index in [9.17, 15) is 13.6 Å². The highest BCUT2D eigenvalue weighted by Crippen LogP contribution is 2.29. The van der Waals surface area contributed by atoms with Crippen LogP contribution in [-0.2, 0) is 6.61 Å². The molecule has 0 aliphatic rings. The van der Waals surface area contributed by atoms with E-state index in [4.69, 9.17) is 9.47 Å². The van der Waals surface area contributed by atoms with E-state index in [0.717, 1.165) is 17.7 Å². The molecule has 0 aliphatic carbocycles. The molecule has 0 bridgehead atoms. The summed E-state index contributed by atoms with van der Waals surface area (Å²) in [5.41, 5.74) is 1.82.